The maximum absolute atomic E-state index is 12.4. The topological polar surface area (TPSA) is 114 Å². The Morgan fingerprint density at radius 1 is 1.05 bits per heavy atom. The first-order chi connectivity index (χ1) is 17.7. The van der Waals surface area contributed by atoms with Crippen LogP contribution in [0.4, 0.5) is 5.82 Å². The fraction of sp³-hybridized carbons (Fsp3) is 0.259. The molecule has 0 radical (unpaired) electrons. The molecule has 0 aliphatic heterocycles. The van der Waals surface area contributed by atoms with Crippen LogP contribution in [-0.4, -0.2) is 60.6 Å². The summed E-state index contributed by atoms with van der Waals surface area (Å²) in [5.41, 5.74) is 4.03. The third-order valence-corrected chi connectivity index (χ3v) is 8.66. The fourth-order valence-electron chi connectivity index (χ4n) is 4.25. The molecular weight excluding hydrogens is 506 g/mol. The first-order valence-electron chi connectivity index (χ1n) is 11.7. The molecule has 37 heavy (non-hydrogen) atoms. The Balaban J connectivity index is 1.53. The van der Waals surface area contributed by atoms with Crippen LogP contribution >= 0.6 is 11.8 Å². The first-order valence-corrected chi connectivity index (χ1v) is 14.9. The maximum Gasteiger partial charge on any atom is 0.251 e. The van der Waals surface area contributed by atoms with Gasteiger partial charge in [0.2, 0.25) is 0 Å². The monoisotopic (exact) mass is 535 g/mol. The van der Waals surface area contributed by atoms with E-state index in [0.717, 1.165) is 22.0 Å². The lowest BCUT2D eigenvalue weighted by Gasteiger charge is -2.24. The fourth-order valence-corrected chi connectivity index (χ4v) is 5.69. The Morgan fingerprint density at radius 2 is 1.81 bits per heavy atom. The summed E-state index contributed by atoms with van der Waals surface area (Å²) >= 11 is 1.75. The molecule has 2 heterocycles. The first kappa shape index (κ1) is 26.6. The molecule has 2 aromatic heterocycles. The Morgan fingerprint density at radius 3 is 2.49 bits per heavy atom. The minimum atomic E-state index is -3.26. The number of rotatable bonds is 9. The number of anilines is 1. The van der Waals surface area contributed by atoms with Crippen LogP contribution in [0.15, 0.2) is 72.0 Å². The number of nitrogens with one attached hydrogen (secondary N) is 2. The number of fused-ring (bicyclic) bond motifs is 1. The highest BCUT2D eigenvalue weighted by atomic mass is 32.2. The smallest absolute Gasteiger partial charge is 0.251 e. The van der Waals surface area contributed by atoms with Crippen LogP contribution in [0.1, 0.15) is 28.8 Å². The van der Waals surface area contributed by atoms with Crippen molar-refractivity contribution in [3.8, 4) is 11.3 Å². The number of para-hydroxylation sites is 1. The molecule has 0 spiro atoms. The van der Waals surface area contributed by atoms with Gasteiger partial charge in [0.25, 0.3) is 5.91 Å². The zero-order valence-corrected chi connectivity index (χ0v) is 22.7. The average Bonchev–Trinajstić information content (AvgIpc) is 2.92. The van der Waals surface area contributed by atoms with E-state index in [0.29, 0.717) is 23.6 Å². The van der Waals surface area contributed by atoms with E-state index in [1.807, 2.05) is 18.2 Å². The highest BCUT2D eigenvalue weighted by Crippen LogP contribution is 2.32. The van der Waals surface area contributed by atoms with E-state index >= 15 is 0 Å². The van der Waals surface area contributed by atoms with Crippen molar-refractivity contribution >= 4 is 44.2 Å². The number of benzene rings is 2. The van der Waals surface area contributed by atoms with Crippen LogP contribution in [0.5, 0.6) is 0 Å². The summed E-state index contributed by atoms with van der Waals surface area (Å²) < 4.78 is 23.5. The number of sulfone groups is 1. The van der Waals surface area contributed by atoms with Gasteiger partial charge < -0.3 is 10.6 Å². The number of carbonyl (C=O) groups excluding carboxylic acids is 1. The maximum atomic E-state index is 12.4. The van der Waals surface area contributed by atoms with E-state index in [2.05, 4.69) is 44.8 Å². The van der Waals surface area contributed by atoms with Gasteiger partial charge in [-0.1, -0.05) is 37.3 Å². The lowest BCUT2D eigenvalue weighted by atomic mass is 9.93. The zero-order chi connectivity index (χ0) is 26.6. The summed E-state index contributed by atoms with van der Waals surface area (Å²) in [6.45, 7) is 2.82. The van der Waals surface area contributed by atoms with Gasteiger partial charge in [-0.3, -0.25) is 9.78 Å². The van der Waals surface area contributed by atoms with Crippen LogP contribution in [0.25, 0.3) is 22.2 Å². The molecule has 2 unspecified atom stereocenters. The van der Waals surface area contributed by atoms with Crippen molar-refractivity contribution in [3.05, 3.63) is 78.2 Å². The summed E-state index contributed by atoms with van der Waals surface area (Å²) in [6.07, 6.45) is 6.44. The summed E-state index contributed by atoms with van der Waals surface area (Å²) in [5, 5.41) is 7.16. The highest BCUT2D eigenvalue weighted by molar-refractivity contribution is 7.99. The van der Waals surface area contributed by atoms with Crippen molar-refractivity contribution in [2.75, 3.05) is 31.4 Å². The second-order valence-electron chi connectivity index (χ2n) is 8.71. The largest absolute Gasteiger partial charge is 0.369 e. The van der Waals surface area contributed by atoms with Crippen molar-refractivity contribution in [2.45, 2.75) is 23.0 Å². The number of hydrogen-bond acceptors (Lipinski definition) is 8. The number of pyridine rings is 1. The molecule has 0 fully saturated rings. The van der Waals surface area contributed by atoms with E-state index in [9.17, 15) is 13.2 Å². The number of aromatic nitrogens is 3. The molecule has 0 saturated carbocycles. The number of carbonyl (C=O) groups is 1. The SMILES string of the molecule is CNC(=O)c1ccnc2c(C(C)C(CNc3cc(-c4ccc(S(C)(=O)=O)cc4)ncn3)SC)cccc12. The van der Waals surface area contributed by atoms with Crippen molar-refractivity contribution in [3.63, 3.8) is 0 Å². The molecule has 8 nitrogen and oxygen atoms in total. The summed E-state index contributed by atoms with van der Waals surface area (Å²) in [4.78, 5) is 26.0. The Kier molecular flexibility index (Phi) is 8.09. The zero-order valence-electron chi connectivity index (χ0n) is 21.1. The summed E-state index contributed by atoms with van der Waals surface area (Å²) in [5.74, 6) is 0.690. The Bertz CT molecular complexity index is 1530. The highest BCUT2D eigenvalue weighted by Gasteiger charge is 2.22. The van der Waals surface area contributed by atoms with Gasteiger partial charge in [0.15, 0.2) is 9.84 Å². The number of thioether (sulfide) groups is 1. The third-order valence-electron chi connectivity index (χ3n) is 6.35. The minimum absolute atomic E-state index is 0.134. The molecule has 2 atom stereocenters. The molecule has 0 aliphatic carbocycles. The van der Waals surface area contributed by atoms with E-state index in [1.165, 1.54) is 12.6 Å². The van der Waals surface area contributed by atoms with E-state index in [4.69, 9.17) is 0 Å². The number of nitrogens with zero attached hydrogens (tertiary/aromatic N) is 3. The molecule has 192 valence electrons. The predicted octanol–water partition coefficient (Wildman–Crippen LogP) is 4.40. The summed E-state index contributed by atoms with van der Waals surface area (Å²) in [6, 6.07) is 16.2. The lowest BCUT2D eigenvalue weighted by molar-refractivity contribution is 0.0964. The average molecular weight is 536 g/mol. The van der Waals surface area contributed by atoms with Gasteiger partial charge in [-0.2, -0.15) is 11.8 Å². The van der Waals surface area contributed by atoms with Crippen LogP contribution in [0, 0.1) is 0 Å². The second kappa shape index (κ2) is 11.3. The quantitative estimate of drug-likeness (QED) is 0.324. The van der Waals surface area contributed by atoms with Crippen LogP contribution in [0.3, 0.4) is 0 Å². The van der Waals surface area contributed by atoms with Gasteiger partial charge in [0.1, 0.15) is 12.1 Å². The van der Waals surface area contributed by atoms with Crippen LogP contribution < -0.4 is 10.6 Å². The normalized spacial score (nSPS) is 13.2. The molecule has 4 rings (SSSR count). The Labute approximate surface area is 221 Å². The molecule has 0 aliphatic rings. The summed E-state index contributed by atoms with van der Waals surface area (Å²) in [7, 11) is -1.63. The van der Waals surface area contributed by atoms with Crippen LogP contribution in [-0.2, 0) is 9.84 Å². The van der Waals surface area contributed by atoms with Gasteiger partial charge >= 0.3 is 0 Å². The molecule has 10 heteroatoms. The van der Waals surface area contributed by atoms with Gasteiger partial charge in [-0.25, -0.2) is 18.4 Å². The molecule has 1 amide bonds. The van der Waals surface area contributed by atoms with Crippen molar-refractivity contribution in [1.29, 1.82) is 0 Å². The van der Waals surface area contributed by atoms with Crippen molar-refractivity contribution in [2.24, 2.45) is 0 Å². The molecule has 0 bridgehead atoms. The van der Waals surface area contributed by atoms with Gasteiger partial charge in [0, 0.05) is 48.3 Å². The molecule has 2 N–H and O–H groups in total. The van der Waals surface area contributed by atoms with Gasteiger partial charge in [-0.15, -0.1) is 0 Å². The van der Waals surface area contributed by atoms with E-state index < -0.39 is 9.84 Å². The Hall–Kier alpha value is -3.50. The van der Waals surface area contributed by atoms with E-state index in [1.54, 1.807) is 55.3 Å². The van der Waals surface area contributed by atoms with Crippen LogP contribution in [0.2, 0.25) is 0 Å². The number of amides is 1. The minimum Gasteiger partial charge on any atom is -0.369 e. The van der Waals surface area contributed by atoms with Gasteiger partial charge in [0.05, 0.1) is 21.7 Å². The number of hydrogen-bond donors (Lipinski definition) is 2. The van der Waals surface area contributed by atoms with Gasteiger partial charge in [-0.05, 0) is 35.9 Å². The molecule has 4 aromatic rings. The second-order valence-corrected chi connectivity index (χ2v) is 11.8. The van der Waals surface area contributed by atoms with Crippen molar-refractivity contribution in [1.82, 2.24) is 20.3 Å². The predicted molar refractivity (Wildman–Crippen MR) is 150 cm³/mol. The van der Waals surface area contributed by atoms with E-state index in [-0.39, 0.29) is 22.0 Å². The standard InChI is InChI=1S/C27H29N5O3S2/c1-17(20-6-5-7-21-22(27(33)28-2)12-13-29-26(20)21)24(36-3)15-30-25-14-23(31-16-32-25)18-8-10-19(11-9-18)37(4,34)35/h5-14,16-17,24H,15H2,1-4H3,(H,28,33)(H,30,31,32). The third kappa shape index (κ3) is 5.91. The lowest BCUT2D eigenvalue weighted by Crippen LogP contribution is -2.23. The molecule has 2 aromatic carbocycles. The van der Waals surface area contributed by atoms with Crippen molar-refractivity contribution < 1.29 is 13.2 Å². The molecule has 0 saturated heterocycles. The molecular formula is C27H29N5O3S2.